The lowest BCUT2D eigenvalue weighted by Gasteiger charge is -2.26. The Bertz CT molecular complexity index is 1280. The van der Waals surface area contributed by atoms with E-state index in [2.05, 4.69) is 0 Å². The molecule has 1 aliphatic heterocycles. The summed E-state index contributed by atoms with van der Waals surface area (Å²) >= 11 is 0. The molecule has 0 N–H and O–H groups in total. The number of hydrogen-bond acceptors (Lipinski definition) is 5. The Hall–Kier alpha value is -3.07. The molecule has 4 rings (SSSR count). The number of hydrogen-bond donors (Lipinski definition) is 0. The van der Waals surface area contributed by atoms with Crippen LogP contribution in [-0.4, -0.2) is 38.8 Å². The molecule has 0 spiro atoms. The van der Waals surface area contributed by atoms with Gasteiger partial charge in [0.2, 0.25) is 0 Å². The van der Waals surface area contributed by atoms with Gasteiger partial charge in [-0.15, -0.1) is 0 Å². The number of fused-ring (bicyclic) bond motifs is 1. The van der Waals surface area contributed by atoms with Crippen LogP contribution in [0.4, 0.5) is 18.9 Å². The van der Waals surface area contributed by atoms with Crippen LogP contribution in [0.1, 0.15) is 18.9 Å². The molecule has 174 valence electrons. The zero-order valence-corrected chi connectivity index (χ0v) is 18.6. The van der Waals surface area contributed by atoms with E-state index in [0.29, 0.717) is 5.69 Å². The van der Waals surface area contributed by atoms with Crippen molar-refractivity contribution in [2.75, 3.05) is 18.1 Å². The van der Waals surface area contributed by atoms with Crippen LogP contribution in [0.3, 0.4) is 0 Å². The number of anilines is 1. The van der Waals surface area contributed by atoms with E-state index < -0.39 is 43.7 Å². The summed E-state index contributed by atoms with van der Waals surface area (Å²) in [4.78, 5) is 13.6. The SMILES string of the molecule is CCOC(=O)C1CC(S(=O)(=O)c2ccccc2C(F)(F)F)CN1c1cccc2ccccc12. The van der Waals surface area contributed by atoms with E-state index in [-0.39, 0.29) is 19.6 Å². The lowest BCUT2D eigenvalue weighted by Crippen LogP contribution is -2.37. The summed E-state index contributed by atoms with van der Waals surface area (Å²) in [6.07, 6.45) is -4.99. The second-order valence-electron chi connectivity index (χ2n) is 7.82. The monoisotopic (exact) mass is 477 g/mol. The lowest BCUT2D eigenvalue weighted by molar-refractivity contribution is -0.144. The third-order valence-electron chi connectivity index (χ3n) is 5.84. The molecule has 2 unspecified atom stereocenters. The van der Waals surface area contributed by atoms with Crippen LogP contribution in [0.25, 0.3) is 10.8 Å². The Morgan fingerprint density at radius 3 is 2.42 bits per heavy atom. The summed E-state index contributed by atoms with van der Waals surface area (Å²) in [5, 5.41) is 0.490. The fourth-order valence-corrected chi connectivity index (χ4v) is 6.25. The number of nitrogens with zero attached hydrogens (tertiary/aromatic N) is 1. The number of esters is 1. The van der Waals surface area contributed by atoms with Gasteiger partial charge in [-0.05, 0) is 36.9 Å². The van der Waals surface area contributed by atoms with E-state index >= 15 is 0 Å². The molecule has 1 fully saturated rings. The molecule has 0 bridgehead atoms. The van der Waals surface area contributed by atoms with Gasteiger partial charge in [-0.2, -0.15) is 13.2 Å². The molecule has 0 aliphatic carbocycles. The van der Waals surface area contributed by atoms with Gasteiger partial charge in [-0.1, -0.05) is 48.5 Å². The molecular formula is C24H22F3NO4S. The van der Waals surface area contributed by atoms with Crippen LogP contribution < -0.4 is 4.90 Å². The van der Waals surface area contributed by atoms with Gasteiger partial charge < -0.3 is 9.64 Å². The Balaban J connectivity index is 1.79. The molecular weight excluding hydrogens is 455 g/mol. The smallest absolute Gasteiger partial charge is 0.417 e. The third kappa shape index (κ3) is 4.29. The molecule has 1 saturated heterocycles. The van der Waals surface area contributed by atoms with E-state index in [1.165, 1.54) is 6.07 Å². The van der Waals surface area contributed by atoms with Gasteiger partial charge in [0.1, 0.15) is 6.04 Å². The fraction of sp³-hybridized carbons (Fsp3) is 0.292. The predicted octanol–water partition coefficient (Wildman–Crippen LogP) is 4.84. The van der Waals surface area contributed by atoms with Gasteiger partial charge in [0.05, 0.1) is 22.3 Å². The van der Waals surface area contributed by atoms with Crippen molar-refractivity contribution in [1.29, 1.82) is 0 Å². The summed E-state index contributed by atoms with van der Waals surface area (Å²) < 4.78 is 72.6. The number of alkyl halides is 3. The number of halogens is 3. The lowest BCUT2D eigenvalue weighted by atomic mass is 10.1. The summed E-state index contributed by atoms with van der Waals surface area (Å²) in [5.74, 6) is -0.604. The number of sulfone groups is 1. The van der Waals surface area contributed by atoms with E-state index in [0.717, 1.165) is 29.0 Å². The molecule has 0 amide bonds. The van der Waals surface area contributed by atoms with Gasteiger partial charge in [-0.3, -0.25) is 0 Å². The standard InChI is InChI=1S/C24H22F3NO4S/c1-2-32-23(29)21-14-17(33(30,31)22-13-6-5-11-19(22)24(25,26)27)15-28(21)20-12-7-9-16-8-3-4-10-18(16)20/h3-13,17,21H,2,14-15H2,1H3. The van der Waals surface area contributed by atoms with Crippen molar-refractivity contribution >= 4 is 32.3 Å². The summed E-state index contributed by atoms with van der Waals surface area (Å²) in [7, 11) is -4.40. The van der Waals surface area contributed by atoms with E-state index in [9.17, 15) is 26.4 Å². The predicted molar refractivity (Wildman–Crippen MR) is 119 cm³/mol. The zero-order valence-electron chi connectivity index (χ0n) is 17.7. The zero-order chi connectivity index (χ0) is 23.8. The minimum Gasteiger partial charge on any atom is -0.464 e. The molecule has 33 heavy (non-hydrogen) atoms. The van der Waals surface area contributed by atoms with Gasteiger partial charge in [0.25, 0.3) is 0 Å². The Morgan fingerprint density at radius 1 is 1.03 bits per heavy atom. The largest absolute Gasteiger partial charge is 0.464 e. The fourth-order valence-electron chi connectivity index (χ4n) is 4.34. The quantitative estimate of drug-likeness (QED) is 0.492. The first-order chi connectivity index (χ1) is 15.6. The molecule has 0 aromatic heterocycles. The van der Waals surface area contributed by atoms with Gasteiger partial charge >= 0.3 is 12.1 Å². The van der Waals surface area contributed by atoms with Crippen molar-refractivity contribution in [2.24, 2.45) is 0 Å². The molecule has 1 aliphatic rings. The van der Waals surface area contributed by atoms with Crippen LogP contribution in [0.15, 0.2) is 71.6 Å². The third-order valence-corrected chi connectivity index (χ3v) is 8.02. The second-order valence-corrected chi connectivity index (χ2v) is 10.0. The topological polar surface area (TPSA) is 63.7 Å². The van der Waals surface area contributed by atoms with Crippen molar-refractivity contribution in [3.8, 4) is 0 Å². The number of carbonyl (C=O) groups is 1. The van der Waals surface area contributed by atoms with Gasteiger partial charge in [0.15, 0.2) is 9.84 Å². The first-order valence-electron chi connectivity index (χ1n) is 10.5. The summed E-state index contributed by atoms with van der Waals surface area (Å²) in [6.45, 7) is 1.61. The summed E-state index contributed by atoms with van der Waals surface area (Å²) in [5.41, 5.74) is -0.575. The average molecular weight is 478 g/mol. The van der Waals surface area contributed by atoms with E-state index in [1.54, 1.807) is 24.0 Å². The Morgan fingerprint density at radius 2 is 1.70 bits per heavy atom. The molecule has 5 nitrogen and oxygen atoms in total. The van der Waals surface area contributed by atoms with Crippen molar-refractivity contribution in [3.05, 3.63) is 72.3 Å². The molecule has 0 saturated carbocycles. The highest BCUT2D eigenvalue weighted by atomic mass is 32.2. The maximum Gasteiger partial charge on any atom is 0.417 e. The Labute approximate surface area is 189 Å². The van der Waals surface area contributed by atoms with Crippen LogP contribution in [-0.2, 0) is 25.5 Å². The number of ether oxygens (including phenoxy) is 1. The number of carbonyl (C=O) groups excluding carboxylic acids is 1. The molecule has 0 radical (unpaired) electrons. The van der Waals surface area contributed by atoms with Crippen LogP contribution in [0.2, 0.25) is 0 Å². The maximum absolute atomic E-state index is 13.5. The van der Waals surface area contributed by atoms with E-state index in [1.807, 2.05) is 30.3 Å². The molecule has 3 aromatic carbocycles. The van der Waals surface area contributed by atoms with Gasteiger partial charge in [-0.25, -0.2) is 13.2 Å². The minimum absolute atomic E-state index is 0.104. The van der Waals surface area contributed by atoms with Gasteiger partial charge in [0, 0.05) is 17.6 Å². The Kier molecular flexibility index (Phi) is 6.09. The highest BCUT2D eigenvalue weighted by Gasteiger charge is 2.47. The molecule has 1 heterocycles. The molecule has 3 aromatic rings. The highest BCUT2D eigenvalue weighted by molar-refractivity contribution is 7.92. The molecule has 2 atom stereocenters. The van der Waals surface area contributed by atoms with Crippen molar-refractivity contribution in [3.63, 3.8) is 0 Å². The first-order valence-corrected chi connectivity index (χ1v) is 12.0. The van der Waals surface area contributed by atoms with Crippen molar-refractivity contribution < 1.29 is 31.1 Å². The van der Waals surface area contributed by atoms with Crippen LogP contribution >= 0.6 is 0 Å². The molecule has 9 heteroatoms. The van der Waals surface area contributed by atoms with Crippen LogP contribution in [0.5, 0.6) is 0 Å². The second kappa shape index (κ2) is 8.70. The first kappa shape index (κ1) is 23.1. The van der Waals surface area contributed by atoms with Crippen molar-refractivity contribution in [2.45, 2.75) is 35.7 Å². The van der Waals surface area contributed by atoms with Crippen molar-refractivity contribution in [1.82, 2.24) is 0 Å². The average Bonchev–Trinajstić information content (AvgIpc) is 3.25. The van der Waals surface area contributed by atoms with E-state index in [4.69, 9.17) is 4.74 Å². The normalized spacial score (nSPS) is 19.1. The van der Waals surface area contributed by atoms with Crippen LogP contribution in [0, 0.1) is 0 Å². The maximum atomic E-state index is 13.5. The summed E-state index contributed by atoms with van der Waals surface area (Å²) in [6, 6.07) is 16.1. The number of rotatable bonds is 5. The number of benzene rings is 3. The highest BCUT2D eigenvalue weighted by Crippen LogP contribution is 2.40. The minimum atomic E-state index is -4.82.